The molecular formula is C7H7BrFN. The maximum absolute atomic E-state index is 12.1. The molecule has 1 aromatic heterocycles. The number of rotatable bonds is 1. The Morgan fingerprint density at radius 1 is 1.60 bits per heavy atom. The van der Waals surface area contributed by atoms with E-state index in [4.69, 9.17) is 0 Å². The van der Waals surface area contributed by atoms with Crippen molar-refractivity contribution in [3.8, 4) is 0 Å². The van der Waals surface area contributed by atoms with Gasteiger partial charge in [-0.05, 0) is 34.5 Å². The van der Waals surface area contributed by atoms with Gasteiger partial charge in [0.15, 0.2) is 0 Å². The van der Waals surface area contributed by atoms with Gasteiger partial charge in [0.2, 0.25) is 0 Å². The molecule has 0 amide bonds. The summed E-state index contributed by atoms with van der Waals surface area (Å²) in [6.45, 7) is 1.35. The number of aryl methyl sites for hydroxylation is 1. The number of hydrogen-bond acceptors (Lipinski definition) is 1. The number of hydrogen-bond donors (Lipinski definition) is 0. The van der Waals surface area contributed by atoms with Crippen LogP contribution < -0.4 is 0 Å². The summed E-state index contributed by atoms with van der Waals surface area (Å²) in [5, 5.41) is 0. The lowest BCUT2D eigenvalue weighted by atomic mass is 10.2. The molecule has 0 saturated carbocycles. The molecule has 0 spiro atoms. The molecule has 0 aliphatic rings. The zero-order valence-electron chi connectivity index (χ0n) is 5.56. The second-order valence-electron chi connectivity index (χ2n) is 2.03. The minimum absolute atomic E-state index is 0.495. The summed E-state index contributed by atoms with van der Waals surface area (Å²) < 4.78 is 12.8. The van der Waals surface area contributed by atoms with Gasteiger partial charge in [-0.2, -0.15) is 0 Å². The number of pyridine rings is 1. The fraction of sp³-hybridized carbons (Fsp3) is 0.286. The van der Waals surface area contributed by atoms with E-state index in [0.29, 0.717) is 10.3 Å². The van der Waals surface area contributed by atoms with Crippen LogP contribution in [-0.4, -0.2) is 4.98 Å². The van der Waals surface area contributed by atoms with Gasteiger partial charge in [-0.3, -0.25) is 0 Å². The predicted octanol–water partition coefficient (Wildman–Crippen LogP) is 2.62. The Labute approximate surface area is 67.4 Å². The highest BCUT2D eigenvalue weighted by molar-refractivity contribution is 9.10. The van der Waals surface area contributed by atoms with E-state index in [-0.39, 0.29) is 0 Å². The van der Waals surface area contributed by atoms with Crippen LogP contribution in [0.5, 0.6) is 0 Å². The van der Waals surface area contributed by atoms with Crippen LogP contribution in [0.3, 0.4) is 0 Å². The van der Waals surface area contributed by atoms with Gasteiger partial charge in [-0.1, -0.05) is 6.07 Å². The van der Waals surface area contributed by atoms with E-state index in [1.807, 2.05) is 13.0 Å². The third-order valence-electron chi connectivity index (χ3n) is 1.29. The van der Waals surface area contributed by atoms with E-state index in [0.717, 1.165) is 5.56 Å². The highest BCUT2D eigenvalue weighted by Crippen LogP contribution is 2.11. The second kappa shape index (κ2) is 3.10. The van der Waals surface area contributed by atoms with E-state index in [1.165, 1.54) is 0 Å². The van der Waals surface area contributed by atoms with Crippen LogP contribution in [0.25, 0.3) is 0 Å². The topological polar surface area (TPSA) is 12.9 Å². The summed E-state index contributed by atoms with van der Waals surface area (Å²) in [6, 6.07) is 3.64. The van der Waals surface area contributed by atoms with E-state index in [1.54, 1.807) is 6.07 Å². The molecular weight excluding hydrogens is 197 g/mol. The Morgan fingerprint density at radius 3 is 2.80 bits per heavy atom. The Kier molecular flexibility index (Phi) is 2.38. The maximum atomic E-state index is 12.1. The van der Waals surface area contributed by atoms with Crippen molar-refractivity contribution < 1.29 is 4.39 Å². The molecule has 0 bridgehead atoms. The van der Waals surface area contributed by atoms with Crippen molar-refractivity contribution >= 4 is 15.9 Å². The summed E-state index contributed by atoms with van der Waals surface area (Å²) in [5.74, 6) is 0. The van der Waals surface area contributed by atoms with Gasteiger partial charge in [-0.25, -0.2) is 9.37 Å². The van der Waals surface area contributed by atoms with Crippen molar-refractivity contribution in [2.75, 3.05) is 0 Å². The summed E-state index contributed by atoms with van der Waals surface area (Å²) in [4.78, 5) is 3.93. The highest BCUT2D eigenvalue weighted by Gasteiger charge is 1.98. The first-order chi connectivity index (χ1) is 4.74. The quantitative estimate of drug-likeness (QED) is 0.640. The number of halogens is 2. The summed E-state index contributed by atoms with van der Waals surface area (Å²) in [5.41, 5.74) is 1.40. The zero-order valence-corrected chi connectivity index (χ0v) is 7.15. The third-order valence-corrected chi connectivity index (χ3v) is 1.74. The molecule has 10 heavy (non-hydrogen) atoms. The SMILES string of the molecule is Cc1ccc(Br)nc1CF. The number of nitrogens with zero attached hydrogens (tertiary/aromatic N) is 1. The first-order valence-electron chi connectivity index (χ1n) is 2.92. The lowest BCUT2D eigenvalue weighted by molar-refractivity contribution is 0.473. The van der Waals surface area contributed by atoms with Crippen molar-refractivity contribution in [1.29, 1.82) is 0 Å². The van der Waals surface area contributed by atoms with Gasteiger partial charge in [0.1, 0.15) is 11.3 Å². The van der Waals surface area contributed by atoms with E-state index in [9.17, 15) is 4.39 Å². The largest absolute Gasteiger partial charge is 0.244 e. The van der Waals surface area contributed by atoms with E-state index < -0.39 is 6.67 Å². The molecule has 0 aliphatic carbocycles. The lowest BCUT2D eigenvalue weighted by Gasteiger charge is -1.98. The minimum Gasteiger partial charge on any atom is -0.244 e. The van der Waals surface area contributed by atoms with Crippen LogP contribution in [0.1, 0.15) is 11.3 Å². The van der Waals surface area contributed by atoms with Crippen LogP contribution in [0.2, 0.25) is 0 Å². The van der Waals surface area contributed by atoms with Crippen LogP contribution in [0.15, 0.2) is 16.7 Å². The number of aromatic nitrogens is 1. The molecule has 1 rings (SSSR count). The normalized spacial score (nSPS) is 9.90. The second-order valence-corrected chi connectivity index (χ2v) is 2.84. The first-order valence-corrected chi connectivity index (χ1v) is 3.71. The van der Waals surface area contributed by atoms with Crippen molar-refractivity contribution in [2.24, 2.45) is 0 Å². The molecule has 3 heteroatoms. The Balaban J connectivity index is 3.09. The molecule has 0 atom stereocenters. The van der Waals surface area contributed by atoms with Gasteiger partial charge in [0, 0.05) is 0 Å². The molecule has 0 aliphatic heterocycles. The van der Waals surface area contributed by atoms with Crippen LogP contribution in [0.4, 0.5) is 4.39 Å². The lowest BCUT2D eigenvalue weighted by Crippen LogP contribution is -1.89. The Morgan fingerprint density at radius 2 is 2.30 bits per heavy atom. The van der Waals surface area contributed by atoms with Crippen molar-refractivity contribution in [2.45, 2.75) is 13.6 Å². The monoisotopic (exact) mass is 203 g/mol. The average molecular weight is 204 g/mol. The summed E-state index contributed by atoms with van der Waals surface area (Å²) in [7, 11) is 0. The molecule has 0 aromatic carbocycles. The number of alkyl halides is 1. The van der Waals surface area contributed by atoms with Gasteiger partial charge in [-0.15, -0.1) is 0 Å². The summed E-state index contributed by atoms with van der Waals surface area (Å²) >= 11 is 3.16. The third kappa shape index (κ3) is 1.53. The Hall–Kier alpha value is -0.440. The van der Waals surface area contributed by atoms with Gasteiger partial charge < -0.3 is 0 Å². The standard InChI is InChI=1S/C7H7BrFN/c1-5-2-3-7(8)10-6(5)4-9/h2-3H,4H2,1H3. The zero-order chi connectivity index (χ0) is 7.56. The molecule has 0 radical (unpaired) electrons. The molecule has 1 aromatic rings. The minimum atomic E-state index is -0.495. The molecule has 0 saturated heterocycles. The maximum Gasteiger partial charge on any atom is 0.132 e. The van der Waals surface area contributed by atoms with Crippen molar-refractivity contribution in [3.05, 3.63) is 28.0 Å². The molecule has 1 nitrogen and oxygen atoms in total. The van der Waals surface area contributed by atoms with Crippen LogP contribution in [-0.2, 0) is 6.67 Å². The fourth-order valence-electron chi connectivity index (χ4n) is 0.680. The average Bonchev–Trinajstić information content (AvgIpc) is 1.94. The van der Waals surface area contributed by atoms with Crippen LogP contribution in [0, 0.1) is 6.92 Å². The smallest absolute Gasteiger partial charge is 0.132 e. The first kappa shape index (κ1) is 7.66. The molecule has 54 valence electrons. The van der Waals surface area contributed by atoms with Gasteiger partial charge in [0.05, 0.1) is 5.69 Å². The van der Waals surface area contributed by atoms with Gasteiger partial charge in [0.25, 0.3) is 0 Å². The predicted molar refractivity (Wildman–Crippen MR) is 41.5 cm³/mol. The molecule has 0 unspecified atom stereocenters. The van der Waals surface area contributed by atoms with E-state index >= 15 is 0 Å². The molecule has 1 heterocycles. The fourth-order valence-corrected chi connectivity index (χ4v) is 1.03. The molecule has 0 N–H and O–H groups in total. The van der Waals surface area contributed by atoms with Crippen molar-refractivity contribution in [3.63, 3.8) is 0 Å². The van der Waals surface area contributed by atoms with Gasteiger partial charge >= 0.3 is 0 Å². The van der Waals surface area contributed by atoms with Crippen LogP contribution >= 0.6 is 15.9 Å². The highest BCUT2D eigenvalue weighted by atomic mass is 79.9. The van der Waals surface area contributed by atoms with E-state index in [2.05, 4.69) is 20.9 Å². The Bertz CT molecular complexity index is 237. The summed E-state index contributed by atoms with van der Waals surface area (Å²) in [6.07, 6.45) is 0. The molecule has 0 fully saturated rings. The van der Waals surface area contributed by atoms with Crippen molar-refractivity contribution in [1.82, 2.24) is 4.98 Å².